The quantitative estimate of drug-likeness (QED) is 0.446. The van der Waals surface area contributed by atoms with E-state index in [-0.39, 0.29) is 5.56 Å². The molecule has 2 aromatic carbocycles. The van der Waals surface area contributed by atoms with Crippen molar-refractivity contribution in [3.05, 3.63) is 75.2 Å². The fraction of sp³-hybridized carbons (Fsp3) is 0.0952. The summed E-state index contributed by atoms with van der Waals surface area (Å²) in [6, 6.07) is 15.0. The molecular formula is C21H16ClN3O2S. The molecule has 2 aromatic heterocycles. The minimum atomic E-state index is -0.962. The summed E-state index contributed by atoms with van der Waals surface area (Å²) >= 11 is 7.30. The monoisotopic (exact) mass is 409 g/mol. The third kappa shape index (κ3) is 3.83. The first-order chi connectivity index (χ1) is 13.5. The van der Waals surface area contributed by atoms with E-state index >= 15 is 0 Å². The van der Waals surface area contributed by atoms with Gasteiger partial charge >= 0.3 is 5.97 Å². The number of hydrogen-bond donors (Lipinski definition) is 2. The van der Waals surface area contributed by atoms with Gasteiger partial charge in [-0.3, -0.25) is 0 Å². The number of benzene rings is 2. The number of pyridine rings is 1. The molecule has 140 valence electrons. The van der Waals surface area contributed by atoms with Crippen LogP contribution in [0.1, 0.15) is 20.8 Å². The number of aromatic carboxylic acids is 1. The molecule has 7 heteroatoms. The zero-order valence-corrected chi connectivity index (χ0v) is 16.5. The van der Waals surface area contributed by atoms with Crippen molar-refractivity contribution in [3.8, 4) is 11.3 Å². The molecular weight excluding hydrogens is 394 g/mol. The first-order valence-corrected chi connectivity index (χ1v) is 9.78. The second-order valence-corrected chi connectivity index (χ2v) is 8.09. The van der Waals surface area contributed by atoms with E-state index in [1.165, 1.54) is 11.3 Å². The molecule has 0 radical (unpaired) electrons. The van der Waals surface area contributed by atoms with E-state index in [1.54, 1.807) is 12.3 Å². The molecule has 0 unspecified atom stereocenters. The predicted octanol–water partition coefficient (Wildman–Crippen LogP) is 5.63. The van der Waals surface area contributed by atoms with Crippen LogP contribution in [0.25, 0.3) is 22.2 Å². The zero-order chi connectivity index (χ0) is 19.7. The summed E-state index contributed by atoms with van der Waals surface area (Å²) in [6.45, 7) is 2.54. The summed E-state index contributed by atoms with van der Waals surface area (Å²) < 4.78 is 0.516. The van der Waals surface area contributed by atoms with Crippen LogP contribution in [0.15, 0.2) is 54.7 Å². The second-order valence-electron chi connectivity index (χ2n) is 6.39. The number of aromatic nitrogens is 2. The van der Waals surface area contributed by atoms with Crippen molar-refractivity contribution < 1.29 is 9.90 Å². The van der Waals surface area contributed by atoms with Crippen molar-refractivity contribution in [2.45, 2.75) is 13.5 Å². The summed E-state index contributed by atoms with van der Waals surface area (Å²) in [7, 11) is 0. The molecule has 0 bridgehead atoms. The molecule has 2 N–H and O–H groups in total. The van der Waals surface area contributed by atoms with Crippen molar-refractivity contribution in [2.24, 2.45) is 0 Å². The number of nitrogens with one attached hydrogen (secondary N) is 1. The molecule has 0 spiro atoms. The average Bonchev–Trinajstić information content (AvgIpc) is 3.11. The Morgan fingerprint density at radius 2 is 2.07 bits per heavy atom. The summed E-state index contributed by atoms with van der Waals surface area (Å²) in [5, 5.41) is 13.6. The van der Waals surface area contributed by atoms with Crippen LogP contribution in [0.3, 0.4) is 0 Å². The highest BCUT2D eigenvalue weighted by atomic mass is 35.5. The lowest BCUT2D eigenvalue weighted by atomic mass is 10.0. The maximum atomic E-state index is 11.8. The number of rotatable bonds is 5. The Kier molecular flexibility index (Phi) is 4.98. The predicted molar refractivity (Wildman–Crippen MR) is 113 cm³/mol. The van der Waals surface area contributed by atoms with Crippen molar-refractivity contribution >= 4 is 45.5 Å². The first kappa shape index (κ1) is 18.4. The molecule has 0 aliphatic carbocycles. The third-order valence-electron chi connectivity index (χ3n) is 4.35. The normalized spacial score (nSPS) is 10.9. The van der Waals surface area contributed by atoms with Crippen LogP contribution in [0.5, 0.6) is 0 Å². The summed E-state index contributed by atoms with van der Waals surface area (Å²) in [5.41, 5.74) is 4.29. The maximum Gasteiger partial charge on any atom is 0.336 e. The SMILES string of the molecule is Cc1ccc2nc(-c3cccc(NCc4cnc(Cl)s4)c3)cc(C(=O)O)c2c1. The molecule has 5 nitrogen and oxygen atoms in total. The number of nitrogens with zero attached hydrogens (tertiary/aromatic N) is 2. The van der Waals surface area contributed by atoms with Crippen molar-refractivity contribution in [3.63, 3.8) is 0 Å². The summed E-state index contributed by atoms with van der Waals surface area (Å²) in [4.78, 5) is 21.5. The van der Waals surface area contributed by atoms with Crippen LogP contribution < -0.4 is 5.32 Å². The Labute approximate surface area is 170 Å². The molecule has 0 saturated heterocycles. The number of hydrogen-bond acceptors (Lipinski definition) is 5. The van der Waals surface area contributed by atoms with E-state index in [4.69, 9.17) is 11.6 Å². The van der Waals surface area contributed by atoms with Crippen LogP contribution >= 0.6 is 22.9 Å². The fourth-order valence-corrected chi connectivity index (χ4v) is 3.93. The molecule has 0 fully saturated rings. The van der Waals surface area contributed by atoms with Gasteiger partial charge in [0.15, 0.2) is 4.47 Å². The van der Waals surface area contributed by atoms with E-state index in [0.717, 1.165) is 21.7 Å². The smallest absolute Gasteiger partial charge is 0.336 e. The standard InChI is InChI=1S/C21H16ClN3O2S/c1-12-5-6-18-16(7-12)17(20(26)27)9-19(25-18)13-3-2-4-14(8-13)23-10-15-11-24-21(22)28-15/h2-9,11,23H,10H2,1H3,(H,26,27). The number of aryl methyl sites for hydroxylation is 1. The van der Waals surface area contributed by atoms with Crippen molar-refractivity contribution in [2.75, 3.05) is 5.32 Å². The minimum absolute atomic E-state index is 0.251. The Hall–Kier alpha value is -2.96. The third-order valence-corrected chi connectivity index (χ3v) is 5.46. The molecule has 0 atom stereocenters. The zero-order valence-electron chi connectivity index (χ0n) is 14.9. The number of fused-ring (bicyclic) bond motifs is 1. The minimum Gasteiger partial charge on any atom is -0.478 e. The van der Waals surface area contributed by atoms with Gasteiger partial charge in [-0.1, -0.05) is 35.4 Å². The Morgan fingerprint density at radius 1 is 1.21 bits per heavy atom. The summed E-state index contributed by atoms with van der Waals surface area (Å²) in [5.74, 6) is -0.962. The number of anilines is 1. The van der Waals surface area contributed by atoms with Gasteiger partial charge in [0.05, 0.1) is 23.3 Å². The van der Waals surface area contributed by atoms with Crippen molar-refractivity contribution in [1.29, 1.82) is 0 Å². The number of thiazole rings is 1. The van der Waals surface area contributed by atoms with E-state index in [1.807, 2.05) is 49.4 Å². The van der Waals surface area contributed by atoms with Gasteiger partial charge < -0.3 is 10.4 Å². The average molecular weight is 410 g/mol. The van der Waals surface area contributed by atoms with Gasteiger partial charge in [-0.2, -0.15) is 0 Å². The molecule has 4 aromatic rings. The highest BCUT2D eigenvalue weighted by Gasteiger charge is 2.13. The van der Waals surface area contributed by atoms with Crippen LogP contribution in [0.4, 0.5) is 5.69 Å². The Bertz CT molecular complexity index is 1190. The van der Waals surface area contributed by atoms with E-state index in [0.29, 0.717) is 27.6 Å². The van der Waals surface area contributed by atoms with Crippen LogP contribution in [-0.4, -0.2) is 21.0 Å². The summed E-state index contributed by atoms with van der Waals surface area (Å²) in [6.07, 6.45) is 1.75. The van der Waals surface area contributed by atoms with Gasteiger partial charge in [0, 0.05) is 27.7 Å². The van der Waals surface area contributed by atoms with Gasteiger partial charge in [-0.25, -0.2) is 14.8 Å². The lowest BCUT2D eigenvalue weighted by Gasteiger charge is -2.10. The lowest BCUT2D eigenvalue weighted by molar-refractivity contribution is 0.0699. The van der Waals surface area contributed by atoms with Crippen LogP contribution in [-0.2, 0) is 6.54 Å². The molecule has 2 heterocycles. The molecule has 0 amide bonds. The Morgan fingerprint density at radius 3 is 2.82 bits per heavy atom. The second kappa shape index (κ2) is 7.58. The number of carbonyl (C=O) groups is 1. The van der Waals surface area contributed by atoms with Crippen LogP contribution in [0.2, 0.25) is 4.47 Å². The molecule has 28 heavy (non-hydrogen) atoms. The van der Waals surface area contributed by atoms with Crippen LogP contribution in [0, 0.1) is 6.92 Å². The van der Waals surface area contributed by atoms with Gasteiger partial charge in [0.1, 0.15) is 0 Å². The molecule has 0 aliphatic heterocycles. The number of halogens is 1. The molecule has 0 aliphatic rings. The lowest BCUT2D eigenvalue weighted by Crippen LogP contribution is -2.01. The van der Waals surface area contributed by atoms with Gasteiger partial charge in [-0.15, -0.1) is 11.3 Å². The highest BCUT2D eigenvalue weighted by Crippen LogP contribution is 2.28. The van der Waals surface area contributed by atoms with Crippen molar-refractivity contribution in [1.82, 2.24) is 9.97 Å². The van der Waals surface area contributed by atoms with E-state index in [2.05, 4.69) is 15.3 Å². The highest BCUT2D eigenvalue weighted by molar-refractivity contribution is 7.15. The number of carboxylic acid groups (broad SMARTS) is 1. The fourth-order valence-electron chi connectivity index (χ4n) is 3.01. The van der Waals surface area contributed by atoms with E-state index in [9.17, 15) is 9.90 Å². The van der Waals surface area contributed by atoms with E-state index < -0.39 is 5.97 Å². The largest absolute Gasteiger partial charge is 0.478 e. The topological polar surface area (TPSA) is 75.1 Å². The first-order valence-electron chi connectivity index (χ1n) is 8.59. The number of carboxylic acids is 1. The molecule has 4 rings (SSSR count). The van der Waals surface area contributed by atoms with Gasteiger partial charge in [0.2, 0.25) is 0 Å². The van der Waals surface area contributed by atoms with Gasteiger partial charge in [-0.05, 0) is 37.3 Å². The molecule has 0 saturated carbocycles. The van der Waals surface area contributed by atoms with Gasteiger partial charge in [0.25, 0.3) is 0 Å². The Balaban J connectivity index is 1.69. The maximum absolute atomic E-state index is 11.8.